The Kier molecular flexibility index (Phi) is 4.96. The molecule has 21 heavy (non-hydrogen) atoms. The average Bonchev–Trinajstić information content (AvgIpc) is 2.46. The standard InChI is InChI=1S/C15H16ClFO4/c1-2-21-14(19)15(9-20-7-6-12(15)18)8-10-4-3-5-11(17)13(10)16/h3-5H,2,6-9H2,1H3. The summed E-state index contributed by atoms with van der Waals surface area (Å²) in [6.07, 6.45) is 0.104. The minimum Gasteiger partial charge on any atom is -0.465 e. The molecule has 0 spiro atoms. The largest absolute Gasteiger partial charge is 0.465 e. The molecule has 6 heteroatoms. The smallest absolute Gasteiger partial charge is 0.322 e. The van der Waals surface area contributed by atoms with Crippen LogP contribution in [0, 0.1) is 11.2 Å². The van der Waals surface area contributed by atoms with E-state index in [0.29, 0.717) is 5.56 Å². The second-order valence-corrected chi connectivity index (χ2v) is 5.30. The van der Waals surface area contributed by atoms with E-state index in [4.69, 9.17) is 21.1 Å². The first-order valence-corrected chi connectivity index (χ1v) is 7.10. The van der Waals surface area contributed by atoms with Gasteiger partial charge in [-0.15, -0.1) is 0 Å². The Balaban J connectivity index is 2.38. The van der Waals surface area contributed by atoms with Gasteiger partial charge in [0.05, 0.1) is 24.8 Å². The number of hydrogen-bond acceptors (Lipinski definition) is 4. The predicted octanol–water partition coefficient (Wildman–Crippen LogP) is 2.56. The molecule has 1 saturated heterocycles. The quantitative estimate of drug-likeness (QED) is 0.633. The van der Waals surface area contributed by atoms with Crippen LogP contribution in [0.2, 0.25) is 5.02 Å². The third-order valence-electron chi connectivity index (χ3n) is 3.55. The molecule has 0 radical (unpaired) electrons. The van der Waals surface area contributed by atoms with Gasteiger partial charge in [-0.05, 0) is 25.0 Å². The first kappa shape index (κ1) is 15.9. The van der Waals surface area contributed by atoms with Crippen LogP contribution in [0.1, 0.15) is 18.9 Å². The summed E-state index contributed by atoms with van der Waals surface area (Å²) in [6, 6.07) is 4.31. The molecule has 0 aliphatic carbocycles. The van der Waals surface area contributed by atoms with Gasteiger partial charge in [-0.25, -0.2) is 4.39 Å². The molecule has 4 nitrogen and oxygen atoms in total. The van der Waals surface area contributed by atoms with E-state index in [9.17, 15) is 14.0 Å². The van der Waals surface area contributed by atoms with Gasteiger partial charge >= 0.3 is 5.97 Å². The summed E-state index contributed by atoms with van der Waals surface area (Å²) in [5.41, 5.74) is -1.05. The first-order chi connectivity index (χ1) is 10.0. The molecule has 1 aliphatic rings. The molecule has 1 unspecified atom stereocenters. The van der Waals surface area contributed by atoms with Crippen molar-refractivity contribution in [1.29, 1.82) is 0 Å². The second kappa shape index (κ2) is 6.54. The number of rotatable bonds is 4. The van der Waals surface area contributed by atoms with Crippen LogP contribution < -0.4 is 0 Å². The molecule has 0 saturated carbocycles. The van der Waals surface area contributed by atoms with Crippen molar-refractivity contribution in [3.8, 4) is 0 Å². The number of carbonyl (C=O) groups excluding carboxylic acids is 2. The van der Waals surface area contributed by atoms with Crippen molar-refractivity contribution >= 4 is 23.4 Å². The zero-order valence-corrected chi connectivity index (χ0v) is 12.4. The number of Topliss-reactive ketones (excluding diaryl/α,β-unsaturated/α-hetero) is 1. The van der Waals surface area contributed by atoms with Gasteiger partial charge in [0, 0.05) is 6.42 Å². The van der Waals surface area contributed by atoms with E-state index in [1.807, 2.05) is 0 Å². The molecule has 2 rings (SSSR count). The summed E-state index contributed by atoms with van der Waals surface area (Å²) in [5.74, 6) is -1.49. The molecule has 1 fully saturated rings. The van der Waals surface area contributed by atoms with Crippen LogP contribution >= 0.6 is 11.6 Å². The highest BCUT2D eigenvalue weighted by atomic mass is 35.5. The van der Waals surface area contributed by atoms with Crippen LogP contribution in [0.4, 0.5) is 4.39 Å². The molecule has 0 bridgehead atoms. The number of halogens is 2. The van der Waals surface area contributed by atoms with Crippen molar-refractivity contribution in [2.75, 3.05) is 19.8 Å². The highest BCUT2D eigenvalue weighted by molar-refractivity contribution is 6.31. The lowest BCUT2D eigenvalue weighted by Gasteiger charge is -2.33. The molecular formula is C15H16ClFO4. The maximum atomic E-state index is 13.5. The van der Waals surface area contributed by atoms with Crippen molar-refractivity contribution in [1.82, 2.24) is 0 Å². The van der Waals surface area contributed by atoms with Crippen molar-refractivity contribution in [2.24, 2.45) is 5.41 Å². The molecule has 1 atom stereocenters. The van der Waals surface area contributed by atoms with Crippen LogP contribution in [0.3, 0.4) is 0 Å². The van der Waals surface area contributed by atoms with Crippen LogP contribution in [0.25, 0.3) is 0 Å². The molecule has 114 valence electrons. The van der Waals surface area contributed by atoms with Crippen molar-refractivity contribution in [2.45, 2.75) is 19.8 Å². The lowest BCUT2D eigenvalue weighted by atomic mass is 9.76. The average molecular weight is 315 g/mol. The number of ketones is 1. The van der Waals surface area contributed by atoms with Gasteiger partial charge in [-0.2, -0.15) is 0 Å². The van der Waals surface area contributed by atoms with E-state index in [-0.39, 0.29) is 43.5 Å². The second-order valence-electron chi connectivity index (χ2n) is 4.92. The summed E-state index contributed by atoms with van der Waals surface area (Å²) in [7, 11) is 0. The summed E-state index contributed by atoms with van der Waals surface area (Å²) < 4.78 is 23.9. The van der Waals surface area contributed by atoms with E-state index in [2.05, 4.69) is 0 Å². The van der Waals surface area contributed by atoms with Gasteiger partial charge in [0.1, 0.15) is 5.82 Å². The molecule has 1 aliphatic heterocycles. The Hall–Kier alpha value is -1.46. The molecule has 1 heterocycles. The van der Waals surface area contributed by atoms with Gasteiger partial charge < -0.3 is 9.47 Å². The van der Waals surface area contributed by atoms with E-state index < -0.39 is 17.2 Å². The zero-order chi connectivity index (χ0) is 15.5. The van der Waals surface area contributed by atoms with Gasteiger partial charge in [0.2, 0.25) is 0 Å². The molecule has 0 aromatic heterocycles. The highest BCUT2D eigenvalue weighted by Gasteiger charge is 2.49. The van der Waals surface area contributed by atoms with Crippen molar-refractivity contribution in [3.05, 3.63) is 34.6 Å². The SMILES string of the molecule is CCOC(=O)C1(Cc2cccc(F)c2Cl)COCCC1=O. The van der Waals surface area contributed by atoms with Gasteiger partial charge in [-0.1, -0.05) is 23.7 Å². The van der Waals surface area contributed by atoms with E-state index in [0.717, 1.165) is 0 Å². The van der Waals surface area contributed by atoms with Gasteiger partial charge in [-0.3, -0.25) is 9.59 Å². The number of ether oxygens (including phenoxy) is 2. The van der Waals surface area contributed by atoms with E-state index in [1.165, 1.54) is 12.1 Å². The highest BCUT2D eigenvalue weighted by Crippen LogP contribution is 2.34. The molecular weight excluding hydrogens is 299 g/mol. The summed E-state index contributed by atoms with van der Waals surface area (Å²) in [5, 5.41) is -0.0838. The number of hydrogen-bond donors (Lipinski definition) is 0. The monoisotopic (exact) mass is 314 g/mol. The molecule has 0 N–H and O–H groups in total. The molecule has 1 aromatic rings. The van der Waals surface area contributed by atoms with Crippen molar-refractivity contribution in [3.63, 3.8) is 0 Å². The Bertz CT molecular complexity index is 561. The minimum absolute atomic E-state index is 0.0265. The van der Waals surface area contributed by atoms with Crippen LogP contribution in [0.15, 0.2) is 18.2 Å². The van der Waals surface area contributed by atoms with Crippen molar-refractivity contribution < 1.29 is 23.5 Å². The number of esters is 1. The fourth-order valence-corrected chi connectivity index (χ4v) is 2.60. The fraction of sp³-hybridized carbons (Fsp3) is 0.467. The first-order valence-electron chi connectivity index (χ1n) is 6.72. The number of benzene rings is 1. The minimum atomic E-state index is -1.44. The normalized spacial score (nSPS) is 22.1. The summed E-state index contributed by atoms with van der Waals surface area (Å²) in [6.45, 7) is 2.02. The third kappa shape index (κ3) is 3.09. The lowest BCUT2D eigenvalue weighted by molar-refractivity contribution is -0.169. The van der Waals surface area contributed by atoms with Gasteiger partial charge in [0.15, 0.2) is 11.2 Å². The topological polar surface area (TPSA) is 52.6 Å². The Morgan fingerprint density at radius 3 is 2.95 bits per heavy atom. The fourth-order valence-electron chi connectivity index (χ4n) is 2.40. The molecule has 0 amide bonds. The van der Waals surface area contributed by atoms with Crippen LogP contribution in [0.5, 0.6) is 0 Å². The zero-order valence-electron chi connectivity index (χ0n) is 11.7. The maximum absolute atomic E-state index is 13.5. The Morgan fingerprint density at radius 2 is 2.29 bits per heavy atom. The third-order valence-corrected chi connectivity index (χ3v) is 3.97. The van der Waals surface area contributed by atoms with E-state index >= 15 is 0 Å². The Labute approximate surface area is 127 Å². The van der Waals surface area contributed by atoms with Crippen LogP contribution in [-0.2, 0) is 25.5 Å². The lowest BCUT2D eigenvalue weighted by Crippen LogP contribution is -2.49. The predicted molar refractivity (Wildman–Crippen MR) is 74.6 cm³/mol. The van der Waals surface area contributed by atoms with Crippen LogP contribution in [-0.4, -0.2) is 31.6 Å². The maximum Gasteiger partial charge on any atom is 0.322 e. The van der Waals surface area contributed by atoms with Gasteiger partial charge in [0.25, 0.3) is 0 Å². The van der Waals surface area contributed by atoms with E-state index in [1.54, 1.807) is 13.0 Å². The number of carbonyl (C=O) groups is 2. The Morgan fingerprint density at radius 1 is 1.52 bits per heavy atom. The summed E-state index contributed by atoms with van der Waals surface area (Å²) >= 11 is 5.92. The summed E-state index contributed by atoms with van der Waals surface area (Å²) in [4.78, 5) is 24.6. The molecule has 1 aromatic carbocycles.